The van der Waals surface area contributed by atoms with Gasteiger partial charge in [0.25, 0.3) is 0 Å². The van der Waals surface area contributed by atoms with Crippen LogP contribution in [0.1, 0.15) is 31.7 Å². The monoisotopic (exact) mass is 342 g/mol. The van der Waals surface area contributed by atoms with E-state index >= 15 is 0 Å². The standard InChI is InChI=1S/C20H26N2O3/c1-14-13-18(14)20(24)21-10-7-19(23)22-11-8-16(9-12-22)15-3-5-17(25-2)6-4-15/h3-6,8,14,18H,7,9-13H2,1-2H3,(H,21,24). The molecule has 2 aliphatic rings. The van der Waals surface area contributed by atoms with Gasteiger partial charge in [-0.1, -0.05) is 25.1 Å². The van der Waals surface area contributed by atoms with Gasteiger partial charge in [-0.3, -0.25) is 9.59 Å². The molecule has 0 saturated heterocycles. The van der Waals surface area contributed by atoms with Crippen LogP contribution in [-0.2, 0) is 9.59 Å². The molecule has 1 saturated carbocycles. The number of carbonyl (C=O) groups excluding carboxylic acids is 2. The number of nitrogens with zero attached hydrogens (tertiary/aromatic N) is 1. The Morgan fingerprint density at radius 1 is 1.28 bits per heavy atom. The largest absolute Gasteiger partial charge is 0.497 e. The van der Waals surface area contributed by atoms with Crippen molar-refractivity contribution in [1.29, 1.82) is 0 Å². The lowest BCUT2D eigenvalue weighted by Gasteiger charge is -2.27. The highest BCUT2D eigenvalue weighted by Crippen LogP contribution is 2.37. The fraction of sp³-hybridized carbons (Fsp3) is 0.500. The minimum absolute atomic E-state index is 0.0978. The summed E-state index contributed by atoms with van der Waals surface area (Å²) in [6.45, 7) is 3.88. The van der Waals surface area contributed by atoms with Crippen LogP contribution in [0.15, 0.2) is 30.3 Å². The van der Waals surface area contributed by atoms with Crippen LogP contribution in [0.2, 0.25) is 0 Å². The zero-order valence-electron chi connectivity index (χ0n) is 15.0. The van der Waals surface area contributed by atoms with Crippen molar-refractivity contribution >= 4 is 17.4 Å². The molecule has 1 heterocycles. The maximum Gasteiger partial charge on any atom is 0.224 e. The van der Waals surface area contributed by atoms with Gasteiger partial charge in [-0.15, -0.1) is 0 Å². The Morgan fingerprint density at radius 3 is 2.56 bits per heavy atom. The number of carbonyl (C=O) groups is 2. The molecule has 0 radical (unpaired) electrons. The molecule has 0 spiro atoms. The molecule has 3 rings (SSSR count). The van der Waals surface area contributed by atoms with E-state index in [9.17, 15) is 9.59 Å². The number of methoxy groups -OCH3 is 1. The Kier molecular flexibility index (Phi) is 5.41. The fourth-order valence-electron chi connectivity index (χ4n) is 3.23. The molecule has 5 nitrogen and oxygen atoms in total. The van der Waals surface area contributed by atoms with Gasteiger partial charge in [0, 0.05) is 32.0 Å². The lowest BCUT2D eigenvalue weighted by Crippen LogP contribution is -2.37. The average Bonchev–Trinajstić information content (AvgIpc) is 3.38. The summed E-state index contributed by atoms with van der Waals surface area (Å²) in [5.74, 6) is 1.72. The minimum atomic E-state index is 0.0978. The fourth-order valence-corrected chi connectivity index (χ4v) is 3.23. The third-order valence-corrected chi connectivity index (χ3v) is 5.11. The van der Waals surface area contributed by atoms with Crippen LogP contribution in [0.3, 0.4) is 0 Å². The highest BCUT2D eigenvalue weighted by molar-refractivity contribution is 5.83. The van der Waals surface area contributed by atoms with E-state index in [0.717, 1.165) is 25.1 Å². The highest BCUT2D eigenvalue weighted by atomic mass is 16.5. The molecule has 1 aliphatic heterocycles. The Balaban J connectivity index is 1.44. The van der Waals surface area contributed by atoms with Crippen molar-refractivity contribution in [2.75, 3.05) is 26.7 Å². The molecule has 1 fully saturated rings. The van der Waals surface area contributed by atoms with E-state index in [1.807, 2.05) is 17.0 Å². The summed E-state index contributed by atoms with van der Waals surface area (Å²) in [4.78, 5) is 25.9. The van der Waals surface area contributed by atoms with Crippen molar-refractivity contribution < 1.29 is 14.3 Å². The summed E-state index contributed by atoms with van der Waals surface area (Å²) in [5, 5.41) is 2.88. The normalized spacial score (nSPS) is 22.2. The Morgan fingerprint density at radius 2 is 2.00 bits per heavy atom. The maximum absolute atomic E-state index is 12.3. The summed E-state index contributed by atoms with van der Waals surface area (Å²) in [6.07, 6.45) is 4.32. The zero-order chi connectivity index (χ0) is 17.8. The van der Waals surface area contributed by atoms with E-state index in [1.54, 1.807) is 7.11 Å². The topological polar surface area (TPSA) is 58.6 Å². The van der Waals surface area contributed by atoms with Crippen molar-refractivity contribution in [3.63, 3.8) is 0 Å². The molecule has 0 aromatic heterocycles. The van der Waals surface area contributed by atoms with Gasteiger partial charge < -0.3 is 15.0 Å². The molecule has 0 bridgehead atoms. The number of hydrogen-bond acceptors (Lipinski definition) is 3. The van der Waals surface area contributed by atoms with Crippen LogP contribution in [0.25, 0.3) is 5.57 Å². The third-order valence-electron chi connectivity index (χ3n) is 5.11. The predicted molar refractivity (Wildman–Crippen MR) is 97.1 cm³/mol. The Labute approximate surface area is 149 Å². The average molecular weight is 342 g/mol. The molecule has 134 valence electrons. The van der Waals surface area contributed by atoms with E-state index in [2.05, 4.69) is 30.4 Å². The number of hydrogen-bond donors (Lipinski definition) is 1. The second-order valence-corrected chi connectivity index (χ2v) is 6.91. The molecule has 1 N–H and O–H groups in total. The number of amides is 2. The first kappa shape index (κ1) is 17.5. The van der Waals surface area contributed by atoms with Crippen molar-refractivity contribution in [3.8, 4) is 5.75 Å². The van der Waals surface area contributed by atoms with E-state index in [-0.39, 0.29) is 17.7 Å². The van der Waals surface area contributed by atoms with Gasteiger partial charge >= 0.3 is 0 Å². The van der Waals surface area contributed by atoms with E-state index in [1.165, 1.54) is 11.1 Å². The van der Waals surface area contributed by atoms with Crippen molar-refractivity contribution in [2.45, 2.75) is 26.2 Å². The van der Waals surface area contributed by atoms with Gasteiger partial charge in [0.05, 0.1) is 7.11 Å². The summed E-state index contributed by atoms with van der Waals surface area (Å²) < 4.78 is 5.18. The smallest absolute Gasteiger partial charge is 0.224 e. The van der Waals surface area contributed by atoms with Gasteiger partial charge in [-0.2, -0.15) is 0 Å². The van der Waals surface area contributed by atoms with Gasteiger partial charge in [0.1, 0.15) is 5.75 Å². The molecule has 25 heavy (non-hydrogen) atoms. The van der Waals surface area contributed by atoms with Gasteiger partial charge in [-0.25, -0.2) is 0 Å². The maximum atomic E-state index is 12.3. The quantitative estimate of drug-likeness (QED) is 0.864. The lowest BCUT2D eigenvalue weighted by atomic mass is 9.99. The lowest BCUT2D eigenvalue weighted by molar-refractivity contribution is -0.130. The van der Waals surface area contributed by atoms with Crippen molar-refractivity contribution in [2.24, 2.45) is 11.8 Å². The van der Waals surface area contributed by atoms with Crippen LogP contribution < -0.4 is 10.1 Å². The van der Waals surface area contributed by atoms with Gasteiger partial charge in [0.15, 0.2) is 0 Å². The molecule has 2 amide bonds. The van der Waals surface area contributed by atoms with E-state index in [0.29, 0.717) is 25.4 Å². The first-order valence-electron chi connectivity index (χ1n) is 8.97. The summed E-state index contributed by atoms with van der Waals surface area (Å²) in [5.41, 5.74) is 2.45. The molecular formula is C20H26N2O3. The van der Waals surface area contributed by atoms with E-state index in [4.69, 9.17) is 4.74 Å². The SMILES string of the molecule is COc1ccc(C2=CCN(C(=O)CCNC(=O)C3CC3C)CC2)cc1. The number of rotatable bonds is 6. The second kappa shape index (κ2) is 7.72. The van der Waals surface area contributed by atoms with Crippen LogP contribution in [-0.4, -0.2) is 43.5 Å². The predicted octanol–water partition coefficient (Wildman–Crippen LogP) is 2.47. The summed E-state index contributed by atoms with van der Waals surface area (Å²) in [7, 11) is 1.66. The van der Waals surface area contributed by atoms with Crippen molar-refractivity contribution in [1.82, 2.24) is 10.2 Å². The Hall–Kier alpha value is -2.30. The molecule has 5 heteroatoms. The van der Waals surface area contributed by atoms with Crippen LogP contribution in [0, 0.1) is 11.8 Å². The molecule has 1 aromatic carbocycles. The van der Waals surface area contributed by atoms with Crippen LogP contribution in [0.4, 0.5) is 0 Å². The minimum Gasteiger partial charge on any atom is -0.497 e. The van der Waals surface area contributed by atoms with E-state index < -0.39 is 0 Å². The number of benzene rings is 1. The number of nitrogens with one attached hydrogen (secondary N) is 1. The highest BCUT2D eigenvalue weighted by Gasteiger charge is 2.38. The van der Waals surface area contributed by atoms with Gasteiger partial charge in [0.2, 0.25) is 11.8 Å². The van der Waals surface area contributed by atoms with Gasteiger partial charge in [-0.05, 0) is 42.0 Å². The Bertz CT molecular complexity index is 666. The molecule has 1 aliphatic carbocycles. The summed E-state index contributed by atoms with van der Waals surface area (Å²) >= 11 is 0. The molecular weight excluding hydrogens is 316 g/mol. The van der Waals surface area contributed by atoms with Crippen molar-refractivity contribution in [3.05, 3.63) is 35.9 Å². The third kappa shape index (κ3) is 4.41. The molecule has 2 atom stereocenters. The molecule has 1 aromatic rings. The first-order valence-corrected chi connectivity index (χ1v) is 8.97. The second-order valence-electron chi connectivity index (χ2n) is 6.91. The van der Waals surface area contributed by atoms with Crippen LogP contribution in [0.5, 0.6) is 5.75 Å². The summed E-state index contributed by atoms with van der Waals surface area (Å²) in [6, 6.07) is 8.02. The first-order chi connectivity index (χ1) is 12.1. The number of ether oxygens (including phenoxy) is 1. The molecule has 2 unspecified atom stereocenters. The van der Waals surface area contributed by atoms with Crippen LogP contribution >= 0.6 is 0 Å². The zero-order valence-corrected chi connectivity index (χ0v) is 15.0.